The highest BCUT2D eigenvalue weighted by atomic mass is 32.2. The highest BCUT2D eigenvalue weighted by Gasteiger charge is 2.33. The fourth-order valence-electron chi connectivity index (χ4n) is 3.70. The number of hydrogen-bond acceptors (Lipinski definition) is 9. The minimum Gasteiger partial charge on any atom is -0.485 e. The fourth-order valence-corrected chi connectivity index (χ4v) is 5.39. The van der Waals surface area contributed by atoms with E-state index >= 15 is 0 Å². The van der Waals surface area contributed by atoms with Gasteiger partial charge >= 0.3 is 0 Å². The van der Waals surface area contributed by atoms with Crippen LogP contribution in [0.3, 0.4) is 0 Å². The Morgan fingerprint density at radius 3 is 2.53 bits per heavy atom. The molecular weight excluding hydrogens is 474 g/mol. The number of fused-ring (bicyclic) bond motifs is 1. The summed E-state index contributed by atoms with van der Waals surface area (Å²) in [5.41, 5.74) is 0.771. The molecule has 0 radical (unpaired) electrons. The molecule has 3 aromatic rings. The zero-order valence-electron chi connectivity index (χ0n) is 18.3. The Balaban J connectivity index is 1.09. The minimum atomic E-state index is -0.631. The number of benzene rings is 2. The standard InChI is InChI=1S/C23H23N5O4S2/c29-20(24-16-6-2-1-3-7-16)15-33-23-26-25-22(34-23)28-12-10-27(11-13-28)21(30)19-14-31-17-8-4-5-9-18(17)32-19/h1-9,19H,10-15H2,(H,24,29). The molecule has 176 valence electrons. The maximum atomic E-state index is 12.9. The van der Waals surface area contributed by atoms with E-state index in [1.54, 1.807) is 0 Å². The van der Waals surface area contributed by atoms with E-state index in [1.165, 1.54) is 23.1 Å². The van der Waals surface area contributed by atoms with E-state index in [2.05, 4.69) is 20.4 Å². The zero-order chi connectivity index (χ0) is 23.3. The average molecular weight is 498 g/mol. The number of nitrogens with one attached hydrogen (secondary N) is 1. The molecule has 11 heteroatoms. The Kier molecular flexibility index (Phi) is 6.82. The van der Waals surface area contributed by atoms with Crippen LogP contribution in [-0.4, -0.2) is 71.6 Å². The van der Waals surface area contributed by atoms with Crippen LogP contribution in [-0.2, 0) is 9.59 Å². The molecule has 0 saturated carbocycles. The number of para-hydroxylation sites is 3. The summed E-state index contributed by atoms with van der Waals surface area (Å²) in [6.45, 7) is 2.67. The fraction of sp³-hybridized carbons (Fsp3) is 0.304. The molecule has 2 amide bonds. The van der Waals surface area contributed by atoms with Crippen molar-refractivity contribution in [3.8, 4) is 11.5 Å². The van der Waals surface area contributed by atoms with Crippen molar-refractivity contribution in [3.63, 3.8) is 0 Å². The van der Waals surface area contributed by atoms with Gasteiger partial charge in [-0.25, -0.2) is 0 Å². The second-order valence-electron chi connectivity index (χ2n) is 7.73. The van der Waals surface area contributed by atoms with Gasteiger partial charge in [0.05, 0.1) is 5.75 Å². The lowest BCUT2D eigenvalue weighted by molar-refractivity contribution is -0.141. The zero-order valence-corrected chi connectivity index (χ0v) is 19.9. The summed E-state index contributed by atoms with van der Waals surface area (Å²) in [5, 5.41) is 12.1. The van der Waals surface area contributed by atoms with Crippen molar-refractivity contribution < 1.29 is 19.1 Å². The third-order valence-corrected chi connectivity index (χ3v) is 7.54. The predicted molar refractivity (Wildman–Crippen MR) is 131 cm³/mol. The van der Waals surface area contributed by atoms with Crippen LogP contribution in [0.4, 0.5) is 10.8 Å². The SMILES string of the molecule is O=C(CSc1nnc(N2CCN(C(=O)C3COc4ccccc4O3)CC2)s1)Nc1ccccc1. The average Bonchev–Trinajstić information content (AvgIpc) is 3.37. The number of piperazine rings is 1. The summed E-state index contributed by atoms with van der Waals surface area (Å²) in [6, 6.07) is 16.7. The molecule has 1 saturated heterocycles. The van der Waals surface area contributed by atoms with E-state index in [1.807, 2.05) is 59.5 Å². The van der Waals surface area contributed by atoms with Crippen LogP contribution in [0.1, 0.15) is 0 Å². The highest BCUT2D eigenvalue weighted by Crippen LogP contribution is 2.32. The molecule has 0 aliphatic carbocycles. The lowest BCUT2D eigenvalue weighted by Gasteiger charge is -2.36. The van der Waals surface area contributed by atoms with Crippen LogP contribution in [0.2, 0.25) is 0 Å². The van der Waals surface area contributed by atoms with Gasteiger partial charge in [0.25, 0.3) is 5.91 Å². The van der Waals surface area contributed by atoms with Crippen LogP contribution < -0.4 is 19.7 Å². The first-order valence-electron chi connectivity index (χ1n) is 10.9. The number of thioether (sulfide) groups is 1. The molecular formula is C23H23N5O4S2. The number of anilines is 2. The molecule has 0 spiro atoms. The summed E-state index contributed by atoms with van der Waals surface area (Å²) in [6.07, 6.45) is -0.631. The van der Waals surface area contributed by atoms with Crippen LogP contribution in [0.15, 0.2) is 58.9 Å². The molecule has 1 atom stereocenters. The molecule has 1 fully saturated rings. The second-order valence-corrected chi connectivity index (χ2v) is 9.91. The molecule has 3 heterocycles. The Morgan fingerprint density at radius 1 is 1.00 bits per heavy atom. The number of carbonyl (C=O) groups excluding carboxylic acids is 2. The Bertz CT molecular complexity index is 1150. The molecule has 1 aromatic heterocycles. The Hall–Kier alpha value is -3.31. The first kappa shape index (κ1) is 22.5. The van der Waals surface area contributed by atoms with Crippen molar-refractivity contribution in [2.75, 3.05) is 48.8 Å². The van der Waals surface area contributed by atoms with Gasteiger partial charge in [-0.05, 0) is 24.3 Å². The van der Waals surface area contributed by atoms with E-state index in [4.69, 9.17) is 9.47 Å². The number of rotatable bonds is 6. The monoisotopic (exact) mass is 497 g/mol. The lowest BCUT2D eigenvalue weighted by atomic mass is 10.2. The normalized spacial score (nSPS) is 17.4. The van der Waals surface area contributed by atoms with Gasteiger partial charge in [-0.15, -0.1) is 10.2 Å². The third-order valence-electron chi connectivity index (χ3n) is 5.43. The van der Waals surface area contributed by atoms with E-state index in [0.29, 0.717) is 37.7 Å². The van der Waals surface area contributed by atoms with Gasteiger partial charge < -0.3 is 24.6 Å². The Labute approximate surface area is 205 Å². The van der Waals surface area contributed by atoms with E-state index < -0.39 is 6.10 Å². The number of carbonyl (C=O) groups is 2. The number of amides is 2. The van der Waals surface area contributed by atoms with E-state index in [-0.39, 0.29) is 24.2 Å². The van der Waals surface area contributed by atoms with Gasteiger partial charge in [0.1, 0.15) is 6.61 Å². The molecule has 34 heavy (non-hydrogen) atoms. The molecule has 5 rings (SSSR count). The highest BCUT2D eigenvalue weighted by molar-refractivity contribution is 8.01. The topological polar surface area (TPSA) is 96.9 Å². The van der Waals surface area contributed by atoms with Gasteiger partial charge in [0.15, 0.2) is 15.8 Å². The third kappa shape index (κ3) is 5.26. The van der Waals surface area contributed by atoms with Crippen molar-refractivity contribution in [2.45, 2.75) is 10.4 Å². The molecule has 1 unspecified atom stereocenters. The number of hydrogen-bond donors (Lipinski definition) is 1. The van der Waals surface area contributed by atoms with Crippen molar-refractivity contribution >= 4 is 45.7 Å². The smallest absolute Gasteiger partial charge is 0.267 e. The van der Waals surface area contributed by atoms with Crippen molar-refractivity contribution in [1.29, 1.82) is 0 Å². The quantitative estimate of drug-likeness (QED) is 0.520. The van der Waals surface area contributed by atoms with Crippen molar-refractivity contribution in [1.82, 2.24) is 15.1 Å². The maximum absolute atomic E-state index is 12.9. The minimum absolute atomic E-state index is 0.0629. The summed E-state index contributed by atoms with van der Waals surface area (Å²) < 4.78 is 12.3. The van der Waals surface area contributed by atoms with Crippen molar-refractivity contribution in [3.05, 3.63) is 54.6 Å². The summed E-state index contributed by atoms with van der Waals surface area (Å²) >= 11 is 2.82. The van der Waals surface area contributed by atoms with Crippen molar-refractivity contribution in [2.24, 2.45) is 0 Å². The van der Waals surface area contributed by atoms with Gasteiger partial charge in [-0.2, -0.15) is 0 Å². The van der Waals surface area contributed by atoms with Crippen LogP contribution in [0.25, 0.3) is 0 Å². The predicted octanol–water partition coefficient (Wildman–Crippen LogP) is 2.76. The van der Waals surface area contributed by atoms with Crippen LogP contribution >= 0.6 is 23.1 Å². The van der Waals surface area contributed by atoms with Gasteiger partial charge in [-0.3, -0.25) is 9.59 Å². The van der Waals surface area contributed by atoms with E-state index in [0.717, 1.165) is 15.2 Å². The molecule has 2 aliphatic heterocycles. The summed E-state index contributed by atoms with van der Waals surface area (Å²) in [4.78, 5) is 29.0. The maximum Gasteiger partial charge on any atom is 0.267 e. The van der Waals surface area contributed by atoms with Gasteiger partial charge in [0, 0.05) is 31.9 Å². The number of nitrogens with zero attached hydrogens (tertiary/aromatic N) is 4. The molecule has 0 bridgehead atoms. The molecule has 2 aromatic carbocycles. The Morgan fingerprint density at radius 2 is 1.74 bits per heavy atom. The lowest BCUT2D eigenvalue weighted by Crippen LogP contribution is -2.54. The number of ether oxygens (including phenoxy) is 2. The number of aromatic nitrogens is 2. The van der Waals surface area contributed by atoms with Gasteiger partial charge in [-0.1, -0.05) is 53.4 Å². The largest absolute Gasteiger partial charge is 0.485 e. The summed E-state index contributed by atoms with van der Waals surface area (Å²) in [5.74, 6) is 1.38. The first-order valence-corrected chi connectivity index (χ1v) is 12.7. The first-order chi connectivity index (χ1) is 16.7. The molecule has 9 nitrogen and oxygen atoms in total. The molecule has 2 aliphatic rings. The van der Waals surface area contributed by atoms with Crippen LogP contribution in [0, 0.1) is 0 Å². The van der Waals surface area contributed by atoms with Gasteiger partial charge in [0.2, 0.25) is 17.1 Å². The second kappa shape index (κ2) is 10.3. The van der Waals surface area contributed by atoms with Crippen LogP contribution in [0.5, 0.6) is 11.5 Å². The van der Waals surface area contributed by atoms with E-state index in [9.17, 15) is 9.59 Å². The summed E-state index contributed by atoms with van der Waals surface area (Å²) in [7, 11) is 0. The molecule has 1 N–H and O–H groups in total.